The Labute approximate surface area is 168 Å². The predicted molar refractivity (Wildman–Crippen MR) is 103 cm³/mol. The molecule has 0 aromatic heterocycles. The van der Waals surface area contributed by atoms with Crippen molar-refractivity contribution in [3.8, 4) is 0 Å². The zero-order valence-electron chi connectivity index (χ0n) is 16.0. The van der Waals surface area contributed by atoms with Crippen molar-refractivity contribution in [2.45, 2.75) is 56.1 Å². The van der Waals surface area contributed by atoms with Crippen molar-refractivity contribution in [2.24, 2.45) is 17.6 Å². The summed E-state index contributed by atoms with van der Waals surface area (Å²) in [6, 6.07) is 6.71. The van der Waals surface area contributed by atoms with Gasteiger partial charge in [0.2, 0.25) is 23.6 Å². The molecule has 8 heteroatoms. The van der Waals surface area contributed by atoms with Crippen molar-refractivity contribution in [2.75, 3.05) is 5.32 Å². The third kappa shape index (κ3) is 2.41. The molecule has 8 nitrogen and oxygen atoms in total. The van der Waals surface area contributed by atoms with Gasteiger partial charge in [0.1, 0.15) is 5.54 Å². The first-order valence-corrected chi connectivity index (χ1v) is 10.3. The third-order valence-electron chi connectivity index (χ3n) is 7.05. The molecule has 4 N–H and O–H groups in total. The lowest BCUT2D eigenvalue weighted by atomic mass is 9.76. The van der Waals surface area contributed by atoms with Crippen LogP contribution >= 0.6 is 0 Å². The fraction of sp³-hybridized carbons (Fsp3) is 0.524. The van der Waals surface area contributed by atoms with E-state index in [4.69, 9.17) is 5.73 Å². The Morgan fingerprint density at radius 1 is 1.14 bits per heavy atom. The van der Waals surface area contributed by atoms with Crippen LogP contribution in [0, 0.1) is 11.8 Å². The fourth-order valence-corrected chi connectivity index (χ4v) is 5.85. The Balaban J connectivity index is 1.61. The lowest BCUT2D eigenvalue weighted by Gasteiger charge is -2.31. The molecule has 3 aliphatic heterocycles. The van der Waals surface area contributed by atoms with Gasteiger partial charge in [-0.05, 0) is 25.3 Å². The number of amides is 4. The van der Waals surface area contributed by atoms with E-state index in [-0.39, 0.29) is 30.2 Å². The first kappa shape index (κ1) is 18.3. The lowest BCUT2D eigenvalue weighted by molar-refractivity contribution is -0.145. The van der Waals surface area contributed by atoms with Gasteiger partial charge < -0.3 is 11.1 Å². The van der Waals surface area contributed by atoms with Crippen LogP contribution in [0.4, 0.5) is 5.69 Å². The van der Waals surface area contributed by atoms with E-state index in [1.165, 1.54) is 4.90 Å². The Bertz CT molecular complexity index is 925. The van der Waals surface area contributed by atoms with Crippen LogP contribution in [0.2, 0.25) is 0 Å². The maximum absolute atomic E-state index is 13.6. The van der Waals surface area contributed by atoms with Gasteiger partial charge in [-0.1, -0.05) is 31.0 Å². The first-order valence-electron chi connectivity index (χ1n) is 10.3. The molecular formula is C21H24N4O4. The Kier molecular flexibility index (Phi) is 4.03. The molecule has 0 radical (unpaired) electrons. The second-order valence-electron chi connectivity index (χ2n) is 8.55. The highest BCUT2D eigenvalue weighted by Gasteiger charge is 2.70. The number of carbonyl (C=O) groups is 4. The number of nitrogens with one attached hydrogen (secondary N) is 2. The number of benzene rings is 1. The molecule has 4 amide bonds. The molecule has 1 aliphatic carbocycles. The molecule has 1 saturated carbocycles. The monoisotopic (exact) mass is 396 g/mol. The van der Waals surface area contributed by atoms with E-state index in [9.17, 15) is 19.2 Å². The molecule has 4 atom stereocenters. The van der Waals surface area contributed by atoms with Gasteiger partial charge in [0.25, 0.3) is 0 Å². The van der Waals surface area contributed by atoms with Gasteiger partial charge in [0.05, 0.1) is 11.8 Å². The SMILES string of the molecule is NC(=O)CC[C@@H]1N[C@@]2(C(=O)Nc3ccccc32)[C@H]2C(=O)N(C3CCCC3)C(=O)[C@H]12. The van der Waals surface area contributed by atoms with Crippen molar-refractivity contribution < 1.29 is 19.2 Å². The standard InChI is InChI=1S/C21H24N4O4/c22-15(26)10-9-14-16-17(19(28)25(18(16)27)11-5-1-2-6-11)21(24-14)12-7-3-4-8-13(12)23-20(21)29/h3-4,7-8,11,14,16-17,24H,1-2,5-6,9-10H2,(H2,22,26)(H,23,29)/t14-,16+,17+,21+/m0/s1. The van der Waals surface area contributed by atoms with Crippen LogP contribution in [-0.2, 0) is 24.7 Å². The van der Waals surface area contributed by atoms with Crippen LogP contribution in [0.25, 0.3) is 0 Å². The highest BCUT2D eigenvalue weighted by atomic mass is 16.2. The maximum atomic E-state index is 13.6. The summed E-state index contributed by atoms with van der Waals surface area (Å²) in [5.74, 6) is -2.75. The molecule has 0 unspecified atom stereocenters. The van der Waals surface area contributed by atoms with Gasteiger partial charge in [0.15, 0.2) is 0 Å². The molecule has 5 rings (SSSR count). The van der Waals surface area contributed by atoms with Crippen molar-refractivity contribution >= 4 is 29.3 Å². The molecule has 152 valence electrons. The second-order valence-corrected chi connectivity index (χ2v) is 8.55. The minimum atomic E-state index is -1.29. The van der Waals surface area contributed by atoms with Crippen LogP contribution < -0.4 is 16.4 Å². The average molecular weight is 396 g/mol. The van der Waals surface area contributed by atoms with Crippen molar-refractivity contribution in [1.29, 1.82) is 0 Å². The number of anilines is 1. The maximum Gasteiger partial charge on any atom is 0.250 e. The summed E-state index contributed by atoms with van der Waals surface area (Å²) in [5, 5.41) is 6.19. The molecule has 0 bridgehead atoms. The van der Waals surface area contributed by atoms with E-state index in [0.717, 1.165) is 25.7 Å². The minimum absolute atomic E-state index is 0.0884. The second kappa shape index (κ2) is 6.38. The third-order valence-corrected chi connectivity index (χ3v) is 7.05. The van der Waals surface area contributed by atoms with E-state index in [2.05, 4.69) is 10.6 Å². The number of primary amides is 1. The number of para-hydroxylation sites is 1. The molecule has 3 fully saturated rings. The quantitative estimate of drug-likeness (QED) is 0.644. The Morgan fingerprint density at radius 3 is 2.59 bits per heavy atom. The summed E-state index contributed by atoms with van der Waals surface area (Å²) < 4.78 is 0. The number of likely N-dealkylation sites (tertiary alicyclic amines) is 1. The topological polar surface area (TPSA) is 122 Å². The number of imide groups is 1. The van der Waals surface area contributed by atoms with Crippen molar-refractivity contribution in [1.82, 2.24) is 10.2 Å². The largest absolute Gasteiger partial charge is 0.370 e. The Morgan fingerprint density at radius 2 is 1.86 bits per heavy atom. The van der Waals surface area contributed by atoms with E-state index in [1.54, 1.807) is 6.07 Å². The van der Waals surface area contributed by atoms with Crippen LogP contribution in [0.5, 0.6) is 0 Å². The molecule has 4 aliphatic rings. The fourth-order valence-electron chi connectivity index (χ4n) is 5.85. The zero-order valence-corrected chi connectivity index (χ0v) is 16.0. The number of nitrogens with two attached hydrogens (primary N) is 1. The Hall–Kier alpha value is -2.74. The molecular weight excluding hydrogens is 372 g/mol. The molecule has 2 saturated heterocycles. The number of hydrogen-bond acceptors (Lipinski definition) is 5. The number of rotatable bonds is 4. The minimum Gasteiger partial charge on any atom is -0.370 e. The van der Waals surface area contributed by atoms with Crippen molar-refractivity contribution in [3.05, 3.63) is 29.8 Å². The predicted octanol–water partition coefficient (Wildman–Crippen LogP) is 0.615. The molecule has 1 aromatic rings. The summed E-state index contributed by atoms with van der Waals surface area (Å²) in [4.78, 5) is 53.0. The van der Waals surface area contributed by atoms with E-state index in [0.29, 0.717) is 17.7 Å². The van der Waals surface area contributed by atoms with Gasteiger partial charge in [-0.2, -0.15) is 0 Å². The van der Waals surface area contributed by atoms with Crippen LogP contribution in [0.1, 0.15) is 44.1 Å². The van der Waals surface area contributed by atoms with Gasteiger partial charge in [-0.15, -0.1) is 0 Å². The van der Waals surface area contributed by atoms with E-state index >= 15 is 0 Å². The average Bonchev–Trinajstić information content (AvgIpc) is 3.42. The van der Waals surface area contributed by atoms with Crippen LogP contribution in [0.15, 0.2) is 24.3 Å². The molecule has 29 heavy (non-hydrogen) atoms. The van der Waals surface area contributed by atoms with Gasteiger partial charge in [-0.25, -0.2) is 0 Å². The summed E-state index contributed by atoms with van der Waals surface area (Å²) in [6.45, 7) is 0. The summed E-state index contributed by atoms with van der Waals surface area (Å²) in [5.41, 5.74) is 5.39. The summed E-state index contributed by atoms with van der Waals surface area (Å²) in [7, 11) is 0. The molecule has 1 aromatic carbocycles. The number of fused-ring (bicyclic) bond motifs is 4. The highest BCUT2D eigenvalue weighted by Crippen LogP contribution is 2.54. The summed E-state index contributed by atoms with van der Waals surface area (Å²) >= 11 is 0. The molecule has 3 heterocycles. The van der Waals surface area contributed by atoms with Gasteiger partial charge >= 0.3 is 0 Å². The number of nitrogens with zero attached hydrogens (tertiary/aromatic N) is 1. The normalized spacial score (nSPS) is 33.4. The van der Waals surface area contributed by atoms with Gasteiger partial charge in [0, 0.05) is 29.8 Å². The zero-order chi connectivity index (χ0) is 20.3. The van der Waals surface area contributed by atoms with Crippen LogP contribution in [-0.4, -0.2) is 40.6 Å². The van der Waals surface area contributed by atoms with Crippen molar-refractivity contribution in [3.63, 3.8) is 0 Å². The summed E-state index contributed by atoms with van der Waals surface area (Å²) in [6.07, 6.45) is 4.01. The highest BCUT2D eigenvalue weighted by molar-refractivity contribution is 6.15. The number of hydrogen-bond donors (Lipinski definition) is 3. The van der Waals surface area contributed by atoms with E-state index in [1.807, 2.05) is 18.2 Å². The molecule has 1 spiro atoms. The number of carbonyl (C=O) groups excluding carboxylic acids is 4. The van der Waals surface area contributed by atoms with E-state index < -0.39 is 29.3 Å². The lowest BCUT2D eigenvalue weighted by Crippen LogP contribution is -2.54. The van der Waals surface area contributed by atoms with Gasteiger partial charge in [-0.3, -0.25) is 29.4 Å². The van der Waals surface area contributed by atoms with Crippen LogP contribution in [0.3, 0.4) is 0 Å². The smallest absolute Gasteiger partial charge is 0.250 e. The first-order chi connectivity index (χ1) is 13.9.